The third-order valence-electron chi connectivity index (χ3n) is 3.63. The molecular formula is C12H17N3O3S. The van der Waals surface area contributed by atoms with E-state index < -0.39 is 5.97 Å². The highest BCUT2D eigenvalue weighted by Gasteiger charge is 2.29. The van der Waals surface area contributed by atoms with Crippen LogP contribution in [0.25, 0.3) is 0 Å². The lowest BCUT2D eigenvalue weighted by Gasteiger charge is -2.35. The van der Waals surface area contributed by atoms with Gasteiger partial charge in [0.2, 0.25) is 0 Å². The van der Waals surface area contributed by atoms with Crippen LogP contribution >= 0.6 is 11.5 Å². The highest BCUT2D eigenvalue weighted by Crippen LogP contribution is 2.26. The van der Waals surface area contributed by atoms with Crippen LogP contribution in [0.15, 0.2) is 5.38 Å². The summed E-state index contributed by atoms with van der Waals surface area (Å²) < 4.78 is 3.70. The minimum atomic E-state index is -0.778. The van der Waals surface area contributed by atoms with Crippen LogP contribution in [-0.2, 0) is 4.79 Å². The van der Waals surface area contributed by atoms with Gasteiger partial charge in [0.15, 0.2) is 5.69 Å². The van der Waals surface area contributed by atoms with Gasteiger partial charge in [0.05, 0.1) is 0 Å². The van der Waals surface area contributed by atoms with Crippen molar-refractivity contribution < 1.29 is 14.7 Å². The fourth-order valence-electron chi connectivity index (χ4n) is 2.52. The van der Waals surface area contributed by atoms with E-state index in [2.05, 4.69) is 9.59 Å². The van der Waals surface area contributed by atoms with Gasteiger partial charge in [-0.3, -0.25) is 9.59 Å². The minimum absolute atomic E-state index is 0.0849. The van der Waals surface area contributed by atoms with E-state index in [9.17, 15) is 9.59 Å². The molecule has 0 saturated carbocycles. The van der Waals surface area contributed by atoms with Crippen molar-refractivity contribution in [2.45, 2.75) is 26.2 Å². The van der Waals surface area contributed by atoms with E-state index in [4.69, 9.17) is 5.11 Å². The third kappa shape index (κ3) is 3.50. The first kappa shape index (κ1) is 13.9. The molecule has 19 heavy (non-hydrogen) atoms. The molecule has 0 bridgehead atoms. The monoisotopic (exact) mass is 283 g/mol. The number of rotatable bonds is 4. The van der Waals surface area contributed by atoms with Gasteiger partial charge in [-0.1, -0.05) is 11.4 Å². The quantitative estimate of drug-likeness (QED) is 0.905. The molecule has 1 fully saturated rings. The van der Waals surface area contributed by atoms with Crippen molar-refractivity contribution in [3.05, 3.63) is 11.1 Å². The first-order chi connectivity index (χ1) is 9.08. The number of carbonyl (C=O) groups is 2. The van der Waals surface area contributed by atoms with E-state index in [-0.39, 0.29) is 24.2 Å². The van der Waals surface area contributed by atoms with Crippen molar-refractivity contribution in [1.29, 1.82) is 0 Å². The summed E-state index contributed by atoms with van der Waals surface area (Å²) in [5.41, 5.74) is 0.386. The second-order valence-corrected chi connectivity index (χ2v) is 5.63. The average Bonchev–Trinajstić information content (AvgIpc) is 2.91. The van der Waals surface area contributed by atoms with Gasteiger partial charge >= 0.3 is 5.97 Å². The maximum atomic E-state index is 12.2. The molecule has 6 nitrogen and oxygen atoms in total. The maximum absolute atomic E-state index is 12.2. The summed E-state index contributed by atoms with van der Waals surface area (Å²) >= 11 is 1.16. The van der Waals surface area contributed by atoms with Crippen molar-refractivity contribution in [1.82, 2.24) is 14.5 Å². The van der Waals surface area contributed by atoms with Crippen molar-refractivity contribution in [2.24, 2.45) is 11.8 Å². The molecule has 2 rings (SSSR count). The lowest BCUT2D eigenvalue weighted by atomic mass is 9.84. The Bertz CT molecular complexity index is 449. The number of aromatic nitrogens is 2. The number of amides is 1. The van der Waals surface area contributed by atoms with Crippen LogP contribution < -0.4 is 0 Å². The Balaban J connectivity index is 1.97. The summed E-state index contributed by atoms with van der Waals surface area (Å²) in [5.74, 6) is -0.539. The Labute approximate surface area is 115 Å². The van der Waals surface area contributed by atoms with Crippen LogP contribution in [0.2, 0.25) is 0 Å². The zero-order valence-corrected chi connectivity index (χ0v) is 11.6. The molecular weight excluding hydrogens is 266 g/mol. The van der Waals surface area contributed by atoms with Crippen LogP contribution in [-0.4, -0.2) is 44.6 Å². The molecule has 1 aromatic rings. The van der Waals surface area contributed by atoms with E-state index in [1.165, 1.54) is 0 Å². The molecule has 2 unspecified atom stereocenters. The summed E-state index contributed by atoms with van der Waals surface area (Å²) in [4.78, 5) is 24.7. The molecule has 2 heterocycles. The molecule has 0 aliphatic carbocycles. The van der Waals surface area contributed by atoms with Gasteiger partial charge < -0.3 is 10.0 Å². The molecule has 1 aliphatic rings. The van der Waals surface area contributed by atoms with E-state index in [1.807, 2.05) is 6.92 Å². The molecule has 1 aliphatic heterocycles. The molecule has 1 saturated heterocycles. The van der Waals surface area contributed by atoms with Crippen molar-refractivity contribution in [2.75, 3.05) is 13.1 Å². The van der Waals surface area contributed by atoms with Gasteiger partial charge in [0.25, 0.3) is 5.91 Å². The smallest absolute Gasteiger partial charge is 0.303 e. The van der Waals surface area contributed by atoms with Gasteiger partial charge in [0, 0.05) is 24.9 Å². The van der Waals surface area contributed by atoms with Crippen LogP contribution in [0.4, 0.5) is 0 Å². The van der Waals surface area contributed by atoms with Crippen LogP contribution in [0.3, 0.4) is 0 Å². The fourth-order valence-corrected chi connectivity index (χ4v) is 2.95. The number of aliphatic carboxylic acids is 1. The lowest BCUT2D eigenvalue weighted by Crippen LogP contribution is -2.42. The second-order valence-electron chi connectivity index (χ2n) is 5.02. The summed E-state index contributed by atoms with van der Waals surface area (Å²) in [6.45, 7) is 3.27. The Morgan fingerprint density at radius 1 is 1.63 bits per heavy atom. The number of hydrogen-bond acceptors (Lipinski definition) is 5. The molecule has 1 N–H and O–H groups in total. The maximum Gasteiger partial charge on any atom is 0.303 e. The van der Waals surface area contributed by atoms with Crippen molar-refractivity contribution in [3.8, 4) is 0 Å². The average molecular weight is 283 g/mol. The van der Waals surface area contributed by atoms with Gasteiger partial charge in [-0.25, -0.2) is 0 Å². The zero-order valence-electron chi connectivity index (χ0n) is 10.8. The summed E-state index contributed by atoms with van der Waals surface area (Å²) in [6, 6.07) is 0. The molecule has 1 aromatic heterocycles. The first-order valence-corrected chi connectivity index (χ1v) is 7.19. The molecule has 0 spiro atoms. The Morgan fingerprint density at radius 2 is 2.42 bits per heavy atom. The van der Waals surface area contributed by atoms with Gasteiger partial charge in [-0.15, -0.1) is 5.10 Å². The number of carboxylic acid groups (broad SMARTS) is 1. The minimum Gasteiger partial charge on any atom is -0.481 e. The Hall–Kier alpha value is -1.50. The van der Waals surface area contributed by atoms with Gasteiger partial charge in [-0.05, 0) is 36.2 Å². The molecule has 1 amide bonds. The predicted molar refractivity (Wildman–Crippen MR) is 70.0 cm³/mol. The Kier molecular flexibility index (Phi) is 4.47. The third-order valence-corrected chi connectivity index (χ3v) is 4.13. The highest BCUT2D eigenvalue weighted by molar-refractivity contribution is 7.03. The second kappa shape index (κ2) is 6.10. The zero-order chi connectivity index (χ0) is 13.8. The van der Waals surface area contributed by atoms with Crippen molar-refractivity contribution in [3.63, 3.8) is 0 Å². The van der Waals surface area contributed by atoms with E-state index in [1.54, 1.807) is 10.3 Å². The van der Waals surface area contributed by atoms with E-state index in [0.29, 0.717) is 18.8 Å². The molecule has 0 radical (unpaired) electrons. The number of hydrogen-bond donors (Lipinski definition) is 1. The number of carboxylic acids is 1. The fraction of sp³-hybridized carbons (Fsp3) is 0.667. The molecule has 104 valence electrons. The van der Waals surface area contributed by atoms with Crippen LogP contribution in [0, 0.1) is 11.8 Å². The Morgan fingerprint density at radius 3 is 3.05 bits per heavy atom. The SMILES string of the molecule is CC(CC(=O)O)C1CCCN(C(=O)c2csnn2)C1. The summed E-state index contributed by atoms with van der Waals surface area (Å²) in [7, 11) is 0. The van der Waals surface area contributed by atoms with E-state index in [0.717, 1.165) is 24.4 Å². The predicted octanol–water partition coefficient (Wildman–Crippen LogP) is 1.50. The topological polar surface area (TPSA) is 83.4 Å². The molecule has 2 atom stereocenters. The number of carbonyl (C=O) groups excluding carboxylic acids is 1. The largest absolute Gasteiger partial charge is 0.481 e. The lowest BCUT2D eigenvalue weighted by molar-refractivity contribution is -0.138. The normalized spacial score (nSPS) is 21.1. The van der Waals surface area contributed by atoms with Crippen molar-refractivity contribution >= 4 is 23.4 Å². The van der Waals surface area contributed by atoms with Crippen LogP contribution in [0.1, 0.15) is 36.7 Å². The van der Waals surface area contributed by atoms with E-state index >= 15 is 0 Å². The number of likely N-dealkylation sites (tertiary alicyclic amines) is 1. The summed E-state index contributed by atoms with van der Waals surface area (Å²) in [6.07, 6.45) is 2.05. The van der Waals surface area contributed by atoms with Crippen LogP contribution in [0.5, 0.6) is 0 Å². The number of piperidine rings is 1. The summed E-state index contributed by atoms with van der Waals surface area (Å²) in [5, 5.41) is 14.3. The number of nitrogens with zero attached hydrogens (tertiary/aromatic N) is 3. The van der Waals surface area contributed by atoms with Gasteiger partial charge in [0.1, 0.15) is 0 Å². The standard InChI is InChI=1S/C12H17N3O3S/c1-8(5-11(16)17)9-3-2-4-15(6-9)12(18)10-7-19-14-13-10/h7-9H,2-6H2,1H3,(H,16,17). The van der Waals surface area contributed by atoms with Gasteiger partial charge in [-0.2, -0.15) is 0 Å². The molecule has 7 heteroatoms. The first-order valence-electron chi connectivity index (χ1n) is 6.36. The molecule has 0 aromatic carbocycles. The highest BCUT2D eigenvalue weighted by atomic mass is 32.1.